The van der Waals surface area contributed by atoms with E-state index in [1.807, 2.05) is 0 Å². The SMILES string of the molecule is COc1cc(C2NC(=O)NC(C)=C2C(=O)Nc2ccccc2Cl)cc(OC)c1OC. The van der Waals surface area contributed by atoms with Crippen LogP contribution < -0.4 is 30.2 Å². The van der Waals surface area contributed by atoms with Gasteiger partial charge in [-0.25, -0.2) is 4.79 Å². The van der Waals surface area contributed by atoms with Crippen LogP contribution in [0.1, 0.15) is 18.5 Å². The molecule has 0 aromatic heterocycles. The smallest absolute Gasteiger partial charge is 0.319 e. The lowest BCUT2D eigenvalue weighted by Gasteiger charge is -2.29. The zero-order chi connectivity index (χ0) is 21.8. The fourth-order valence-electron chi connectivity index (χ4n) is 3.27. The van der Waals surface area contributed by atoms with E-state index in [1.165, 1.54) is 21.3 Å². The van der Waals surface area contributed by atoms with Gasteiger partial charge in [0.05, 0.1) is 43.7 Å². The highest BCUT2D eigenvalue weighted by atomic mass is 35.5. The van der Waals surface area contributed by atoms with Crippen molar-refractivity contribution in [2.45, 2.75) is 13.0 Å². The molecule has 0 radical (unpaired) electrons. The van der Waals surface area contributed by atoms with E-state index in [0.29, 0.717) is 44.8 Å². The molecule has 0 bridgehead atoms. The van der Waals surface area contributed by atoms with Crippen LogP contribution in [0, 0.1) is 0 Å². The van der Waals surface area contributed by atoms with E-state index >= 15 is 0 Å². The maximum atomic E-state index is 13.1. The summed E-state index contributed by atoms with van der Waals surface area (Å²) in [5, 5.41) is 8.62. The third kappa shape index (κ3) is 4.13. The van der Waals surface area contributed by atoms with Crippen molar-refractivity contribution in [1.29, 1.82) is 0 Å². The second-order valence-corrected chi connectivity index (χ2v) is 6.87. The Bertz CT molecular complexity index is 996. The Labute approximate surface area is 179 Å². The lowest BCUT2D eigenvalue weighted by molar-refractivity contribution is -0.113. The van der Waals surface area contributed by atoms with Gasteiger partial charge in [0.15, 0.2) is 11.5 Å². The van der Waals surface area contributed by atoms with Gasteiger partial charge in [0, 0.05) is 5.70 Å². The zero-order valence-electron chi connectivity index (χ0n) is 17.0. The fraction of sp³-hybridized carbons (Fsp3) is 0.238. The Morgan fingerprint density at radius 2 is 1.70 bits per heavy atom. The number of allylic oxidation sites excluding steroid dienone is 1. The lowest BCUT2D eigenvalue weighted by Crippen LogP contribution is -2.46. The minimum Gasteiger partial charge on any atom is -0.493 e. The Morgan fingerprint density at radius 1 is 1.07 bits per heavy atom. The van der Waals surface area contributed by atoms with Crippen LogP contribution in [-0.4, -0.2) is 33.3 Å². The predicted octanol–water partition coefficient (Wildman–Crippen LogP) is 3.63. The van der Waals surface area contributed by atoms with Crippen molar-refractivity contribution in [1.82, 2.24) is 10.6 Å². The summed E-state index contributed by atoms with van der Waals surface area (Å²) in [5.41, 5.74) is 1.79. The Kier molecular flexibility index (Phi) is 6.37. The van der Waals surface area contributed by atoms with Crippen LogP contribution in [0.15, 0.2) is 47.7 Å². The highest BCUT2D eigenvalue weighted by molar-refractivity contribution is 6.33. The predicted molar refractivity (Wildman–Crippen MR) is 113 cm³/mol. The quantitative estimate of drug-likeness (QED) is 0.648. The topological polar surface area (TPSA) is 97.9 Å². The molecule has 1 unspecified atom stereocenters. The van der Waals surface area contributed by atoms with Crippen molar-refractivity contribution >= 4 is 29.2 Å². The molecule has 9 heteroatoms. The van der Waals surface area contributed by atoms with Crippen molar-refractivity contribution in [2.24, 2.45) is 0 Å². The highest BCUT2D eigenvalue weighted by Gasteiger charge is 2.33. The molecule has 0 aliphatic carbocycles. The van der Waals surface area contributed by atoms with Crippen LogP contribution >= 0.6 is 11.6 Å². The summed E-state index contributed by atoms with van der Waals surface area (Å²) in [5.74, 6) is 0.810. The van der Waals surface area contributed by atoms with Crippen molar-refractivity contribution < 1.29 is 23.8 Å². The standard InChI is InChI=1S/C21H22ClN3O5/c1-11-17(20(26)24-14-8-6-5-7-13(14)22)18(25-21(27)23-11)12-9-15(28-2)19(30-4)16(10-12)29-3/h5-10,18H,1-4H3,(H,24,26)(H2,23,25,27). The largest absolute Gasteiger partial charge is 0.493 e. The average Bonchev–Trinajstić information content (AvgIpc) is 2.73. The summed E-state index contributed by atoms with van der Waals surface area (Å²) in [6.45, 7) is 1.66. The summed E-state index contributed by atoms with van der Waals surface area (Å²) in [6, 6.07) is 9.09. The number of amides is 3. The van der Waals surface area contributed by atoms with E-state index in [4.69, 9.17) is 25.8 Å². The minimum atomic E-state index is -0.755. The first-order chi connectivity index (χ1) is 14.4. The second-order valence-electron chi connectivity index (χ2n) is 6.46. The first-order valence-corrected chi connectivity index (χ1v) is 9.41. The van der Waals surface area contributed by atoms with Crippen molar-refractivity contribution in [3.8, 4) is 17.2 Å². The van der Waals surface area contributed by atoms with Crippen LogP contribution in [0.4, 0.5) is 10.5 Å². The normalized spacial score (nSPS) is 15.8. The highest BCUT2D eigenvalue weighted by Crippen LogP contribution is 2.41. The van der Waals surface area contributed by atoms with Crippen molar-refractivity contribution in [3.63, 3.8) is 0 Å². The minimum absolute atomic E-state index is 0.323. The molecule has 0 fully saturated rings. The zero-order valence-corrected chi connectivity index (χ0v) is 17.7. The van der Waals surface area contributed by atoms with E-state index in [1.54, 1.807) is 43.3 Å². The van der Waals surface area contributed by atoms with Crippen molar-refractivity contribution in [2.75, 3.05) is 26.6 Å². The number of anilines is 1. The number of benzene rings is 2. The van der Waals surface area contributed by atoms with E-state index < -0.39 is 18.0 Å². The van der Waals surface area contributed by atoms with Gasteiger partial charge >= 0.3 is 6.03 Å². The van der Waals surface area contributed by atoms with Crippen LogP contribution in [0.25, 0.3) is 0 Å². The number of carbonyl (C=O) groups excluding carboxylic acids is 2. The third-order valence-corrected chi connectivity index (χ3v) is 4.99. The van der Waals surface area contributed by atoms with Crippen LogP contribution in [0.2, 0.25) is 5.02 Å². The Balaban J connectivity index is 2.06. The molecule has 0 saturated carbocycles. The van der Waals surface area contributed by atoms with Gasteiger partial charge in [0.1, 0.15) is 0 Å². The summed E-state index contributed by atoms with van der Waals surface area (Å²) in [4.78, 5) is 25.3. The van der Waals surface area contributed by atoms with Gasteiger partial charge in [-0.3, -0.25) is 4.79 Å². The number of halogens is 1. The molecule has 3 rings (SSSR count). The fourth-order valence-corrected chi connectivity index (χ4v) is 3.45. The van der Waals surface area contributed by atoms with E-state index in [0.717, 1.165) is 0 Å². The Morgan fingerprint density at radius 3 is 2.27 bits per heavy atom. The number of methoxy groups -OCH3 is 3. The third-order valence-electron chi connectivity index (χ3n) is 4.66. The van der Waals surface area contributed by atoms with Gasteiger partial charge in [-0.15, -0.1) is 0 Å². The summed E-state index contributed by atoms with van der Waals surface area (Å²) < 4.78 is 16.2. The number of hydrogen-bond donors (Lipinski definition) is 3. The summed E-state index contributed by atoms with van der Waals surface area (Å²) in [6.07, 6.45) is 0. The molecular weight excluding hydrogens is 410 g/mol. The van der Waals surface area contributed by atoms with Crippen molar-refractivity contribution in [3.05, 3.63) is 58.3 Å². The van der Waals surface area contributed by atoms with Crippen LogP contribution in [-0.2, 0) is 4.79 Å². The molecule has 3 amide bonds. The maximum absolute atomic E-state index is 13.1. The van der Waals surface area contributed by atoms with E-state index in [2.05, 4.69) is 16.0 Å². The molecule has 30 heavy (non-hydrogen) atoms. The average molecular weight is 432 g/mol. The van der Waals surface area contributed by atoms with Gasteiger partial charge in [0.25, 0.3) is 5.91 Å². The lowest BCUT2D eigenvalue weighted by atomic mass is 9.94. The number of nitrogens with one attached hydrogen (secondary N) is 3. The first-order valence-electron chi connectivity index (χ1n) is 9.03. The van der Waals surface area contributed by atoms with E-state index in [-0.39, 0.29) is 0 Å². The molecule has 8 nitrogen and oxygen atoms in total. The number of rotatable bonds is 6. The monoisotopic (exact) mass is 431 g/mol. The summed E-state index contributed by atoms with van der Waals surface area (Å²) >= 11 is 6.17. The van der Waals surface area contributed by atoms with Gasteiger partial charge in [-0.05, 0) is 36.8 Å². The molecule has 1 heterocycles. The summed E-state index contributed by atoms with van der Waals surface area (Å²) in [7, 11) is 4.49. The molecule has 158 valence electrons. The maximum Gasteiger partial charge on any atom is 0.319 e. The number of carbonyl (C=O) groups is 2. The molecule has 0 spiro atoms. The van der Waals surface area contributed by atoms with Gasteiger partial charge in [-0.2, -0.15) is 0 Å². The van der Waals surface area contributed by atoms with Crippen LogP contribution in [0.5, 0.6) is 17.2 Å². The second kappa shape index (κ2) is 8.96. The number of urea groups is 1. The van der Waals surface area contributed by atoms with Gasteiger partial charge in [0.2, 0.25) is 5.75 Å². The number of para-hydroxylation sites is 1. The Hall–Kier alpha value is -3.39. The molecule has 1 atom stereocenters. The van der Waals surface area contributed by atoms with Gasteiger partial charge < -0.3 is 30.2 Å². The van der Waals surface area contributed by atoms with Crippen LogP contribution in [0.3, 0.4) is 0 Å². The molecule has 0 saturated heterocycles. The number of hydrogen-bond acceptors (Lipinski definition) is 5. The van der Waals surface area contributed by atoms with E-state index in [9.17, 15) is 9.59 Å². The molecule has 2 aromatic rings. The number of ether oxygens (including phenoxy) is 3. The molecule has 2 aromatic carbocycles. The molecule has 1 aliphatic heterocycles. The first kappa shape index (κ1) is 21.3. The van der Waals surface area contributed by atoms with Gasteiger partial charge in [-0.1, -0.05) is 23.7 Å². The molecule has 3 N–H and O–H groups in total. The molecular formula is C21H22ClN3O5. The molecule has 1 aliphatic rings.